The first-order valence-electron chi connectivity index (χ1n) is 11.2. The van der Waals surface area contributed by atoms with Crippen molar-refractivity contribution in [2.45, 2.75) is 43.3 Å². The van der Waals surface area contributed by atoms with E-state index in [0.29, 0.717) is 11.4 Å². The topological polar surface area (TPSA) is 115 Å². The SMILES string of the molecule is CC(c1ccc(-n2cc(F)cn2)nc1)N1CC(=C=O)N(C)C2(CC=C(OS(=O)(=O)C(F)(F)F)CC2)C1=C=O. The highest BCUT2D eigenvalue weighted by Crippen LogP contribution is 2.46. The monoisotopic (exact) mass is 555 g/mol. The number of hydrogen-bond acceptors (Lipinski definition) is 9. The third-order valence-electron chi connectivity index (χ3n) is 6.77. The third-order valence-corrected chi connectivity index (χ3v) is 7.77. The van der Waals surface area contributed by atoms with Crippen molar-refractivity contribution >= 4 is 22.0 Å². The van der Waals surface area contributed by atoms with Gasteiger partial charge in [-0.1, -0.05) is 6.07 Å². The van der Waals surface area contributed by atoms with E-state index in [2.05, 4.69) is 14.3 Å². The Morgan fingerprint density at radius 3 is 2.42 bits per heavy atom. The normalized spacial score (nSPS) is 21.2. The Kier molecular flexibility index (Phi) is 6.96. The van der Waals surface area contributed by atoms with Crippen LogP contribution in [0.1, 0.15) is 37.8 Å². The molecule has 0 amide bonds. The van der Waals surface area contributed by atoms with Crippen molar-refractivity contribution in [3.63, 3.8) is 0 Å². The number of rotatable bonds is 5. The second kappa shape index (κ2) is 9.75. The Bertz CT molecular complexity index is 1470. The Balaban J connectivity index is 1.64. The zero-order valence-electron chi connectivity index (χ0n) is 20.1. The van der Waals surface area contributed by atoms with E-state index in [4.69, 9.17) is 0 Å². The Morgan fingerprint density at radius 2 is 1.92 bits per heavy atom. The highest BCUT2D eigenvalue weighted by atomic mass is 32.2. The van der Waals surface area contributed by atoms with Gasteiger partial charge in [-0.05, 0) is 37.5 Å². The average Bonchev–Trinajstić information content (AvgIpc) is 3.32. The number of halogens is 4. The molecule has 2 aromatic rings. The van der Waals surface area contributed by atoms with Gasteiger partial charge in [0.15, 0.2) is 11.6 Å². The molecule has 3 heterocycles. The molecule has 0 aromatic carbocycles. The van der Waals surface area contributed by atoms with Gasteiger partial charge in [-0.2, -0.15) is 26.7 Å². The van der Waals surface area contributed by atoms with Crippen molar-refractivity contribution in [1.29, 1.82) is 0 Å². The van der Waals surface area contributed by atoms with Crippen LogP contribution in [-0.2, 0) is 23.9 Å². The minimum Gasteiger partial charge on any atom is -0.381 e. The number of nitrogens with zero attached hydrogens (tertiary/aromatic N) is 5. The number of alkyl halides is 3. The number of piperazine rings is 1. The van der Waals surface area contributed by atoms with E-state index in [-0.39, 0.29) is 37.2 Å². The molecule has 1 spiro atoms. The molecule has 2 aromatic heterocycles. The van der Waals surface area contributed by atoms with Gasteiger partial charge in [0.05, 0.1) is 30.5 Å². The first-order valence-corrected chi connectivity index (χ1v) is 12.6. The Labute approximate surface area is 214 Å². The molecule has 38 heavy (non-hydrogen) atoms. The smallest absolute Gasteiger partial charge is 0.381 e. The lowest BCUT2D eigenvalue weighted by molar-refractivity contribution is -0.0526. The van der Waals surface area contributed by atoms with E-state index in [0.717, 1.165) is 18.5 Å². The molecular weight excluding hydrogens is 534 g/mol. The van der Waals surface area contributed by atoms with Crippen LogP contribution in [0.15, 0.2) is 54.0 Å². The van der Waals surface area contributed by atoms with E-state index in [1.54, 1.807) is 31.0 Å². The van der Waals surface area contributed by atoms with Crippen molar-refractivity contribution in [2.75, 3.05) is 13.6 Å². The first kappa shape index (κ1) is 27.1. The molecule has 1 aliphatic carbocycles. The molecule has 15 heteroatoms. The minimum atomic E-state index is -5.85. The second-order valence-electron chi connectivity index (χ2n) is 8.80. The number of carbonyl (C=O) groups excluding carboxylic acids is 2. The average molecular weight is 556 g/mol. The maximum Gasteiger partial charge on any atom is 0.534 e. The molecule has 1 aliphatic heterocycles. The molecule has 2 aliphatic rings. The predicted octanol–water partition coefficient (Wildman–Crippen LogP) is 2.82. The van der Waals surface area contributed by atoms with Crippen molar-refractivity contribution in [3.05, 3.63) is 65.3 Å². The van der Waals surface area contributed by atoms with Crippen LogP contribution in [0.5, 0.6) is 0 Å². The Hall–Kier alpha value is -3.93. The maximum absolute atomic E-state index is 13.3. The van der Waals surface area contributed by atoms with E-state index < -0.39 is 38.8 Å². The molecule has 0 radical (unpaired) electrons. The fourth-order valence-corrected chi connectivity index (χ4v) is 5.13. The summed E-state index contributed by atoms with van der Waals surface area (Å²) in [6.45, 7) is 1.74. The van der Waals surface area contributed by atoms with Gasteiger partial charge < -0.3 is 14.0 Å². The third kappa shape index (κ3) is 4.71. The van der Waals surface area contributed by atoms with Crippen LogP contribution in [0.2, 0.25) is 0 Å². The molecule has 202 valence electrons. The van der Waals surface area contributed by atoms with Gasteiger partial charge in [-0.15, -0.1) is 0 Å². The van der Waals surface area contributed by atoms with Crippen LogP contribution in [0.4, 0.5) is 17.6 Å². The molecule has 0 saturated carbocycles. The molecular formula is C23H21F4N5O5S. The lowest BCUT2D eigenvalue weighted by atomic mass is 9.78. The van der Waals surface area contributed by atoms with Crippen LogP contribution >= 0.6 is 0 Å². The molecule has 0 N–H and O–H groups in total. The summed E-state index contributed by atoms with van der Waals surface area (Å²) in [6.07, 6.45) is 4.43. The lowest BCUT2D eigenvalue weighted by Crippen LogP contribution is -2.59. The molecule has 4 rings (SSSR count). The Morgan fingerprint density at radius 1 is 1.18 bits per heavy atom. The number of aromatic nitrogens is 3. The molecule has 2 unspecified atom stereocenters. The number of likely N-dealkylation sites (N-methyl/N-ethyl adjacent to an activating group) is 1. The first-order chi connectivity index (χ1) is 17.8. The number of allylic oxidation sites excluding steroid dienone is 1. The summed E-state index contributed by atoms with van der Waals surface area (Å²) in [5, 5.41) is 3.85. The van der Waals surface area contributed by atoms with Gasteiger partial charge in [0.25, 0.3) is 0 Å². The van der Waals surface area contributed by atoms with Crippen LogP contribution < -0.4 is 0 Å². The summed E-state index contributed by atoms with van der Waals surface area (Å²) in [6, 6.07) is 2.77. The van der Waals surface area contributed by atoms with Gasteiger partial charge in [0.2, 0.25) is 0 Å². The summed E-state index contributed by atoms with van der Waals surface area (Å²) >= 11 is 0. The molecule has 10 nitrogen and oxygen atoms in total. The summed E-state index contributed by atoms with van der Waals surface area (Å²) in [5.74, 6) is 3.18. The summed E-state index contributed by atoms with van der Waals surface area (Å²) in [4.78, 5) is 31.5. The van der Waals surface area contributed by atoms with Crippen LogP contribution in [0.25, 0.3) is 5.82 Å². The van der Waals surface area contributed by atoms with E-state index in [1.165, 1.54) is 15.8 Å². The van der Waals surface area contributed by atoms with Crippen LogP contribution in [0, 0.1) is 5.82 Å². The van der Waals surface area contributed by atoms with E-state index >= 15 is 0 Å². The van der Waals surface area contributed by atoms with Gasteiger partial charge in [0.1, 0.15) is 29.0 Å². The standard InChI is InChI=1S/C23H21F4N5O5S/c1-15(16-3-4-21(28-9-16)32-11-17(24)10-29-32)31-12-18(13-33)30(2)22(20(31)14-34)7-5-19(6-8-22)37-38(35,36)23(25,26)27/h3-5,9-11,15H,6-8,12H2,1-2H3. The highest BCUT2D eigenvalue weighted by Gasteiger charge is 2.52. The zero-order chi connectivity index (χ0) is 27.9. The maximum atomic E-state index is 13.3. The fourth-order valence-electron chi connectivity index (χ4n) is 4.60. The van der Waals surface area contributed by atoms with Crippen LogP contribution in [-0.4, -0.2) is 69.5 Å². The molecule has 1 saturated heterocycles. The van der Waals surface area contributed by atoms with E-state index in [9.17, 15) is 35.6 Å². The van der Waals surface area contributed by atoms with Crippen molar-refractivity contribution in [3.8, 4) is 5.82 Å². The quantitative estimate of drug-likeness (QED) is 0.238. The number of pyridine rings is 1. The van der Waals surface area contributed by atoms with Crippen LogP contribution in [0.3, 0.4) is 0 Å². The zero-order valence-corrected chi connectivity index (χ0v) is 20.9. The van der Waals surface area contributed by atoms with Crippen molar-refractivity contribution in [2.24, 2.45) is 0 Å². The lowest BCUT2D eigenvalue weighted by Gasteiger charge is -2.53. The summed E-state index contributed by atoms with van der Waals surface area (Å²) in [5.41, 5.74) is -5.87. The molecule has 2 atom stereocenters. The van der Waals surface area contributed by atoms with Gasteiger partial charge in [0, 0.05) is 19.7 Å². The fraction of sp³-hybridized carbons (Fsp3) is 0.391. The van der Waals surface area contributed by atoms with Crippen molar-refractivity contribution in [1.82, 2.24) is 24.6 Å². The number of hydrogen-bond donors (Lipinski definition) is 0. The van der Waals surface area contributed by atoms with Gasteiger partial charge in [-0.25, -0.2) is 23.6 Å². The van der Waals surface area contributed by atoms with Gasteiger partial charge >= 0.3 is 15.6 Å². The highest BCUT2D eigenvalue weighted by molar-refractivity contribution is 7.87. The molecule has 0 bridgehead atoms. The largest absolute Gasteiger partial charge is 0.534 e. The van der Waals surface area contributed by atoms with E-state index in [1.807, 2.05) is 11.9 Å². The van der Waals surface area contributed by atoms with Gasteiger partial charge in [-0.3, -0.25) is 0 Å². The minimum absolute atomic E-state index is 0.0187. The second-order valence-corrected chi connectivity index (χ2v) is 10.3. The summed E-state index contributed by atoms with van der Waals surface area (Å²) < 4.78 is 79.9. The molecule has 1 fully saturated rings. The predicted molar refractivity (Wildman–Crippen MR) is 123 cm³/mol. The summed E-state index contributed by atoms with van der Waals surface area (Å²) in [7, 11) is -4.30. The van der Waals surface area contributed by atoms with Crippen molar-refractivity contribution < 1.29 is 39.8 Å².